The van der Waals surface area contributed by atoms with Gasteiger partial charge < -0.3 is 0 Å². The molecular formula is CF2N4. The van der Waals surface area contributed by atoms with Crippen LogP contribution in [0.3, 0.4) is 0 Å². The number of hydrogen-bond acceptors (Lipinski definition) is 3. The summed E-state index contributed by atoms with van der Waals surface area (Å²) in [6, 6.07) is 0. The molecule has 38 valence electrons. The van der Waals surface area contributed by atoms with Crippen LogP contribution in [0.2, 0.25) is 0 Å². The molecule has 0 atom stereocenters. The first kappa shape index (κ1) is 4.10. The Morgan fingerprint density at radius 3 is 2.43 bits per heavy atom. The van der Waals surface area contributed by atoms with E-state index in [0.717, 1.165) is 0 Å². The SMILES string of the molecule is Fc1nnnn1F. The second kappa shape index (κ2) is 1.21. The summed E-state index contributed by atoms with van der Waals surface area (Å²) in [5.41, 5.74) is 0. The lowest BCUT2D eigenvalue weighted by molar-refractivity contribution is 0.244. The molecule has 0 aliphatic rings. The van der Waals surface area contributed by atoms with E-state index in [9.17, 15) is 8.87 Å². The zero-order valence-electron chi connectivity index (χ0n) is 3.04. The van der Waals surface area contributed by atoms with Crippen molar-refractivity contribution in [2.75, 3.05) is 0 Å². The number of tetrazole rings is 1. The Balaban J connectivity index is 3.12. The molecule has 0 aliphatic carbocycles. The van der Waals surface area contributed by atoms with Crippen molar-refractivity contribution in [2.24, 2.45) is 0 Å². The molecule has 0 bridgehead atoms. The molecule has 0 saturated carbocycles. The van der Waals surface area contributed by atoms with Gasteiger partial charge in [-0.2, -0.15) is 4.39 Å². The molecule has 1 aromatic rings. The predicted octanol–water partition coefficient (Wildman–Crippen LogP) is -0.455. The fourth-order valence-corrected chi connectivity index (χ4v) is 0.166. The van der Waals surface area contributed by atoms with Crippen molar-refractivity contribution in [3.63, 3.8) is 0 Å². The number of rotatable bonds is 0. The van der Waals surface area contributed by atoms with Crippen LogP contribution in [-0.4, -0.2) is 20.4 Å². The van der Waals surface area contributed by atoms with Gasteiger partial charge in [0.15, 0.2) is 0 Å². The third-order valence-corrected chi connectivity index (χ3v) is 0.398. The lowest BCUT2D eigenvalue weighted by atomic mass is 11.3. The van der Waals surface area contributed by atoms with Crippen LogP contribution in [-0.2, 0) is 0 Å². The Morgan fingerprint density at radius 2 is 2.29 bits per heavy atom. The maximum atomic E-state index is 11.4. The Bertz CT molecular complexity index is 142. The molecule has 1 heterocycles. The minimum atomic E-state index is -1.33. The van der Waals surface area contributed by atoms with E-state index < -0.39 is 11.0 Å². The van der Waals surface area contributed by atoms with Gasteiger partial charge in [-0.3, -0.25) is 0 Å². The molecule has 0 unspecified atom stereocenters. The zero-order chi connectivity index (χ0) is 5.28. The van der Waals surface area contributed by atoms with Crippen molar-refractivity contribution < 1.29 is 8.87 Å². The first-order chi connectivity index (χ1) is 3.30. The van der Waals surface area contributed by atoms with Gasteiger partial charge in [-0.1, -0.05) is 9.58 Å². The lowest BCUT2D eigenvalue weighted by Gasteiger charge is -1.70. The average Bonchev–Trinajstić information content (AvgIpc) is 1.91. The average molecular weight is 106 g/mol. The van der Waals surface area contributed by atoms with Gasteiger partial charge >= 0.3 is 6.08 Å². The van der Waals surface area contributed by atoms with E-state index in [0.29, 0.717) is 0 Å². The molecule has 0 N–H and O–H groups in total. The molecular weight excluding hydrogens is 106 g/mol. The zero-order valence-corrected chi connectivity index (χ0v) is 3.04. The molecule has 0 saturated heterocycles. The van der Waals surface area contributed by atoms with Crippen LogP contribution in [0.1, 0.15) is 0 Å². The Kier molecular flexibility index (Phi) is 0.709. The molecule has 6 heteroatoms. The van der Waals surface area contributed by atoms with E-state index in [1.54, 1.807) is 0 Å². The molecule has 0 amide bonds. The summed E-state index contributed by atoms with van der Waals surface area (Å²) < 4.78 is 22.8. The van der Waals surface area contributed by atoms with Gasteiger partial charge in [0.05, 0.1) is 0 Å². The molecule has 0 aliphatic heterocycles. The normalized spacial score (nSPS) is 9.43. The number of halogens is 2. The van der Waals surface area contributed by atoms with E-state index in [1.165, 1.54) is 0 Å². The number of nitrogens with zero attached hydrogens (tertiary/aromatic N) is 4. The quantitative estimate of drug-likeness (QED) is 0.449. The first-order valence-corrected chi connectivity index (χ1v) is 1.41. The highest BCUT2D eigenvalue weighted by Gasteiger charge is 1.98. The van der Waals surface area contributed by atoms with E-state index in [1.807, 2.05) is 0 Å². The van der Waals surface area contributed by atoms with Gasteiger partial charge in [0.1, 0.15) is 0 Å². The van der Waals surface area contributed by atoms with E-state index in [4.69, 9.17) is 0 Å². The van der Waals surface area contributed by atoms with Crippen molar-refractivity contribution in [1.82, 2.24) is 20.4 Å². The lowest BCUT2D eigenvalue weighted by Crippen LogP contribution is -1.87. The van der Waals surface area contributed by atoms with Gasteiger partial charge in [-0.15, -0.1) is 0 Å². The van der Waals surface area contributed by atoms with Crippen LogP contribution in [0.5, 0.6) is 0 Å². The Hall–Kier alpha value is -1.07. The molecule has 0 aromatic carbocycles. The van der Waals surface area contributed by atoms with E-state index in [2.05, 4.69) is 15.5 Å². The second-order valence-electron chi connectivity index (χ2n) is 0.808. The molecule has 1 aromatic heterocycles. The van der Waals surface area contributed by atoms with Crippen molar-refractivity contribution in [3.8, 4) is 0 Å². The summed E-state index contributed by atoms with van der Waals surface area (Å²) in [4.78, 5) is -0.556. The Labute approximate surface area is 36.7 Å². The second-order valence-corrected chi connectivity index (χ2v) is 0.808. The molecule has 1 rings (SSSR count). The third-order valence-electron chi connectivity index (χ3n) is 0.398. The number of aromatic nitrogens is 4. The molecule has 0 radical (unpaired) electrons. The molecule has 0 fully saturated rings. The van der Waals surface area contributed by atoms with Crippen LogP contribution in [0.25, 0.3) is 0 Å². The third kappa shape index (κ3) is 0.531. The monoisotopic (exact) mass is 106 g/mol. The summed E-state index contributed by atoms with van der Waals surface area (Å²) in [7, 11) is 0. The largest absolute Gasteiger partial charge is 0.357 e. The van der Waals surface area contributed by atoms with Gasteiger partial charge in [-0.05, 0) is 15.3 Å². The highest BCUT2D eigenvalue weighted by molar-refractivity contribution is 4.41. The van der Waals surface area contributed by atoms with Gasteiger partial charge in [-0.25, -0.2) is 0 Å². The van der Waals surface area contributed by atoms with Crippen molar-refractivity contribution in [1.29, 1.82) is 0 Å². The highest BCUT2D eigenvalue weighted by atomic mass is 19.2. The summed E-state index contributed by atoms with van der Waals surface area (Å²) in [5, 5.41) is 7.74. The van der Waals surface area contributed by atoms with Gasteiger partial charge in [0.2, 0.25) is 0 Å². The summed E-state index contributed by atoms with van der Waals surface area (Å²) in [6.07, 6.45) is -1.33. The summed E-state index contributed by atoms with van der Waals surface area (Å²) >= 11 is 0. The van der Waals surface area contributed by atoms with Gasteiger partial charge in [0, 0.05) is 0 Å². The maximum Gasteiger partial charge on any atom is 0.357 e. The molecule has 7 heavy (non-hydrogen) atoms. The van der Waals surface area contributed by atoms with Crippen LogP contribution in [0.15, 0.2) is 0 Å². The smallest absolute Gasteiger partial charge is 0.157 e. The van der Waals surface area contributed by atoms with Crippen LogP contribution in [0.4, 0.5) is 8.87 Å². The predicted molar refractivity (Wildman–Crippen MR) is 14.3 cm³/mol. The van der Waals surface area contributed by atoms with E-state index in [-0.39, 0.29) is 0 Å². The van der Waals surface area contributed by atoms with E-state index >= 15 is 0 Å². The van der Waals surface area contributed by atoms with Crippen molar-refractivity contribution in [2.45, 2.75) is 0 Å². The number of hydrogen-bond donors (Lipinski definition) is 0. The van der Waals surface area contributed by atoms with Crippen LogP contribution >= 0.6 is 0 Å². The minimum Gasteiger partial charge on any atom is -0.157 e. The maximum absolute atomic E-state index is 11.4. The van der Waals surface area contributed by atoms with Crippen molar-refractivity contribution >= 4 is 0 Å². The molecule has 0 spiro atoms. The minimum absolute atomic E-state index is 0.556. The first-order valence-electron chi connectivity index (χ1n) is 1.41. The van der Waals surface area contributed by atoms with Crippen LogP contribution in [0, 0.1) is 6.08 Å². The topological polar surface area (TPSA) is 43.6 Å². The fourth-order valence-electron chi connectivity index (χ4n) is 0.166. The fraction of sp³-hybridized carbons (Fsp3) is 0. The van der Waals surface area contributed by atoms with Gasteiger partial charge in [0.25, 0.3) is 0 Å². The molecule has 4 nitrogen and oxygen atoms in total. The Morgan fingerprint density at radius 1 is 1.57 bits per heavy atom. The summed E-state index contributed by atoms with van der Waals surface area (Å²) in [6.45, 7) is 0. The van der Waals surface area contributed by atoms with Crippen LogP contribution < -0.4 is 0 Å². The standard InChI is InChI=1S/CF2N4/c2-1-4-5-6-7(1)3. The highest BCUT2D eigenvalue weighted by Crippen LogP contribution is 1.82. The summed E-state index contributed by atoms with van der Waals surface area (Å²) in [5.74, 6) is 0. The van der Waals surface area contributed by atoms with Crippen molar-refractivity contribution in [3.05, 3.63) is 6.08 Å².